The first-order chi connectivity index (χ1) is 6.94. The Morgan fingerprint density at radius 1 is 1.47 bits per heavy atom. The molecule has 4 heteroatoms. The van der Waals surface area contributed by atoms with Crippen LogP contribution in [0.3, 0.4) is 0 Å². The van der Waals surface area contributed by atoms with Crippen molar-refractivity contribution in [1.82, 2.24) is 0 Å². The topological polar surface area (TPSA) is 78.5 Å². The zero-order chi connectivity index (χ0) is 11.5. The van der Waals surface area contributed by atoms with Crippen molar-refractivity contribution >= 4 is 11.4 Å². The van der Waals surface area contributed by atoms with Crippen LogP contribution < -0.4 is 11.1 Å². The third kappa shape index (κ3) is 3.42. The summed E-state index contributed by atoms with van der Waals surface area (Å²) in [5.41, 5.74) is 7.14. The van der Waals surface area contributed by atoms with E-state index < -0.39 is 5.60 Å². The van der Waals surface area contributed by atoms with Gasteiger partial charge in [0.05, 0.1) is 6.61 Å². The van der Waals surface area contributed by atoms with E-state index in [4.69, 9.17) is 10.8 Å². The maximum absolute atomic E-state index is 9.60. The molecular weight excluding hydrogens is 192 g/mol. The number of anilines is 2. The van der Waals surface area contributed by atoms with Crippen LogP contribution in [0, 0.1) is 6.92 Å². The summed E-state index contributed by atoms with van der Waals surface area (Å²) in [6, 6.07) is 5.54. The normalized spacial score (nSPS) is 14.7. The molecule has 0 spiro atoms. The van der Waals surface area contributed by atoms with E-state index in [2.05, 4.69) is 5.32 Å². The van der Waals surface area contributed by atoms with Crippen molar-refractivity contribution in [3.63, 3.8) is 0 Å². The van der Waals surface area contributed by atoms with Crippen molar-refractivity contribution in [2.24, 2.45) is 0 Å². The summed E-state index contributed by atoms with van der Waals surface area (Å²) in [6.45, 7) is 3.53. The van der Waals surface area contributed by atoms with E-state index in [1.54, 1.807) is 6.92 Å². The SMILES string of the molecule is Cc1ccc(N)cc1NCC(C)(O)CO. The molecule has 1 atom stereocenters. The number of aliphatic hydroxyl groups is 2. The maximum Gasteiger partial charge on any atom is 0.102 e. The van der Waals surface area contributed by atoms with Crippen molar-refractivity contribution in [3.05, 3.63) is 23.8 Å². The minimum atomic E-state index is -1.11. The van der Waals surface area contributed by atoms with Crippen molar-refractivity contribution in [3.8, 4) is 0 Å². The van der Waals surface area contributed by atoms with Gasteiger partial charge in [-0.1, -0.05) is 6.07 Å². The molecule has 0 radical (unpaired) electrons. The summed E-state index contributed by atoms with van der Waals surface area (Å²) < 4.78 is 0. The van der Waals surface area contributed by atoms with Gasteiger partial charge >= 0.3 is 0 Å². The molecule has 0 aromatic heterocycles. The Balaban J connectivity index is 2.69. The molecule has 0 heterocycles. The van der Waals surface area contributed by atoms with Gasteiger partial charge in [-0.3, -0.25) is 0 Å². The van der Waals surface area contributed by atoms with E-state index >= 15 is 0 Å². The van der Waals surface area contributed by atoms with Gasteiger partial charge in [-0.15, -0.1) is 0 Å². The number of aryl methyl sites for hydroxylation is 1. The highest BCUT2D eigenvalue weighted by atomic mass is 16.3. The predicted octanol–water partition coefficient (Wildman–Crippen LogP) is 0.732. The summed E-state index contributed by atoms with van der Waals surface area (Å²) >= 11 is 0. The van der Waals surface area contributed by atoms with Gasteiger partial charge in [-0.2, -0.15) is 0 Å². The Hall–Kier alpha value is -1.26. The highest BCUT2D eigenvalue weighted by Crippen LogP contribution is 2.18. The number of benzene rings is 1. The molecule has 0 aliphatic carbocycles. The van der Waals surface area contributed by atoms with Crippen LogP contribution in [-0.2, 0) is 0 Å². The lowest BCUT2D eigenvalue weighted by Crippen LogP contribution is -2.37. The summed E-state index contributed by atoms with van der Waals surface area (Å²) in [7, 11) is 0. The van der Waals surface area contributed by atoms with E-state index in [9.17, 15) is 5.11 Å². The molecule has 4 nitrogen and oxygen atoms in total. The molecule has 1 unspecified atom stereocenters. The molecular formula is C11H18N2O2. The second kappa shape index (κ2) is 4.51. The number of rotatable bonds is 4. The van der Waals surface area contributed by atoms with Crippen LogP contribution in [-0.4, -0.2) is 29.0 Å². The third-order valence-electron chi connectivity index (χ3n) is 2.26. The summed E-state index contributed by atoms with van der Waals surface area (Å²) in [6.07, 6.45) is 0. The van der Waals surface area contributed by atoms with E-state index in [1.165, 1.54) is 0 Å². The Kier molecular flexibility index (Phi) is 3.55. The van der Waals surface area contributed by atoms with Gasteiger partial charge in [-0.25, -0.2) is 0 Å². The molecule has 1 aromatic carbocycles. The Labute approximate surface area is 89.7 Å². The van der Waals surface area contributed by atoms with Gasteiger partial charge < -0.3 is 21.3 Å². The average Bonchev–Trinajstić information content (AvgIpc) is 2.20. The predicted molar refractivity (Wildman–Crippen MR) is 61.8 cm³/mol. The van der Waals surface area contributed by atoms with Gasteiger partial charge in [0.2, 0.25) is 0 Å². The molecule has 0 saturated carbocycles. The van der Waals surface area contributed by atoms with Crippen LogP contribution in [0.25, 0.3) is 0 Å². The van der Waals surface area contributed by atoms with Gasteiger partial charge in [0.1, 0.15) is 5.60 Å². The quantitative estimate of drug-likeness (QED) is 0.552. The van der Waals surface area contributed by atoms with Crippen molar-refractivity contribution in [2.45, 2.75) is 19.4 Å². The zero-order valence-corrected chi connectivity index (χ0v) is 9.12. The maximum atomic E-state index is 9.60. The van der Waals surface area contributed by atoms with Crippen molar-refractivity contribution < 1.29 is 10.2 Å². The molecule has 0 saturated heterocycles. The fraction of sp³-hybridized carbons (Fsp3) is 0.455. The number of nitrogen functional groups attached to an aromatic ring is 1. The van der Waals surface area contributed by atoms with Gasteiger partial charge in [0, 0.05) is 17.9 Å². The lowest BCUT2D eigenvalue weighted by atomic mass is 10.1. The van der Waals surface area contributed by atoms with Crippen molar-refractivity contribution in [2.75, 3.05) is 24.2 Å². The number of aliphatic hydroxyl groups excluding tert-OH is 1. The highest BCUT2D eigenvalue weighted by Gasteiger charge is 2.18. The van der Waals surface area contributed by atoms with Crippen LogP contribution in [0.2, 0.25) is 0 Å². The smallest absolute Gasteiger partial charge is 0.102 e. The standard InChI is InChI=1S/C11H18N2O2/c1-8-3-4-9(12)5-10(8)13-6-11(2,15)7-14/h3-5,13-15H,6-7,12H2,1-2H3. The minimum absolute atomic E-state index is 0.276. The molecule has 15 heavy (non-hydrogen) atoms. The second-order valence-electron chi connectivity index (χ2n) is 4.08. The Bertz CT molecular complexity index is 337. The minimum Gasteiger partial charge on any atom is -0.399 e. The zero-order valence-electron chi connectivity index (χ0n) is 9.12. The summed E-state index contributed by atoms with van der Waals surface area (Å²) in [5, 5.41) is 21.5. The van der Waals surface area contributed by atoms with Crippen LogP contribution in [0.5, 0.6) is 0 Å². The van der Waals surface area contributed by atoms with Crippen LogP contribution in [0.15, 0.2) is 18.2 Å². The summed E-state index contributed by atoms with van der Waals surface area (Å²) in [5.74, 6) is 0. The highest BCUT2D eigenvalue weighted by molar-refractivity contribution is 5.59. The monoisotopic (exact) mass is 210 g/mol. The van der Waals surface area contributed by atoms with E-state index in [-0.39, 0.29) is 13.2 Å². The lowest BCUT2D eigenvalue weighted by Gasteiger charge is -2.22. The van der Waals surface area contributed by atoms with E-state index in [0.29, 0.717) is 5.69 Å². The molecule has 5 N–H and O–H groups in total. The van der Waals surface area contributed by atoms with Gasteiger partial charge in [-0.05, 0) is 31.5 Å². The van der Waals surface area contributed by atoms with Crippen LogP contribution in [0.4, 0.5) is 11.4 Å². The number of nitrogens with one attached hydrogen (secondary N) is 1. The fourth-order valence-corrected chi connectivity index (χ4v) is 1.17. The molecule has 0 bridgehead atoms. The molecule has 1 rings (SSSR count). The fourth-order valence-electron chi connectivity index (χ4n) is 1.17. The van der Waals surface area contributed by atoms with Gasteiger partial charge in [0.25, 0.3) is 0 Å². The molecule has 0 fully saturated rings. The van der Waals surface area contributed by atoms with Crippen molar-refractivity contribution in [1.29, 1.82) is 0 Å². The van der Waals surface area contributed by atoms with Crippen LogP contribution >= 0.6 is 0 Å². The first kappa shape index (κ1) is 11.8. The Morgan fingerprint density at radius 3 is 2.73 bits per heavy atom. The van der Waals surface area contributed by atoms with Gasteiger partial charge in [0.15, 0.2) is 0 Å². The van der Waals surface area contributed by atoms with E-state index in [1.807, 2.05) is 25.1 Å². The van der Waals surface area contributed by atoms with Crippen LogP contribution in [0.1, 0.15) is 12.5 Å². The molecule has 0 aliphatic heterocycles. The Morgan fingerprint density at radius 2 is 2.13 bits per heavy atom. The average molecular weight is 210 g/mol. The first-order valence-electron chi connectivity index (χ1n) is 4.88. The molecule has 0 amide bonds. The lowest BCUT2D eigenvalue weighted by molar-refractivity contribution is 0.0132. The second-order valence-corrected chi connectivity index (χ2v) is 4.08. The number of nitrogens with two attached hydrogens (primary N) is 1. The molecule has 0 aliphatic rings. The number of hydrogen-bond donors (Lipinski definition) is 4. The first-order valence-corrected chi connectivity index (χ1v) is 4.88. The largest absolute Gasteiger partial charge is 0.399 e. The molecule has 84 valence electrons. The summed E-state index contributed by atoms with van der Waals surface area (Å²) in [4.78, 5) is 0. The van der Waals surface area contributed by atoms with E-state index in [0.717, 1.165) is 11.3 Å². The number of hydrogen-bond acceptors (Lipinski definition) is 4. The molecule has 1 aromatic rings. The third-order valence-corrected chi connectivity index (χ3v) is 2.26.